The second-order valence-corrected chi connectivity index (χ2v) is 5.99. The molecule has 0 aliphatic rings. The number of methoxy groups -OCH3 is 1. The van der Waals surface area contributed by atoms with Crippen LogP contribution >= 0.6 is 11.8 Å². The second-order valence-electron chi connectivity index (χ2n) is 4.68. The van der Waals surface area contributed by atoms with Gasteiger partial charge in [0.2, 0.25) is 5.91 Å². The van der Waals surface area contributed by atoms with Gasteiger partial charge in [0.05, 0.1) is 17.9 Å². The molecule has 122 valence electrons. The first-order chi connectivity index (χ1) is 10.9. The number of nitrogens with zero attached hydrogens (tertiary/aromatic N) is 3. The second kappa shape index (κ2) is 7.14. The van der Waals surface area contributed by atoms with E-state index in [0.29, 0.717) is 16.7 Å². The van der Waals surface area contributed by atoms with Gasteiger partial charge in [0.1, 0.15) is 5.75 Å². The Balaban J connectivity index is 2.23. The van der Waals surface area contributed by atoms with Crippen molar-refractivity contribution in [2.24, 2.45) is 12.8 Å². The van der Waals surface area contributed by atoms with Crippen LogP contribution in [0.3, 0.4) is 0 Å². The first-order valence-electron chi connectivity index (χ1n) is 6.73. The van der Waals surface area contributed by atoms with E-state index in [1.165, 1.54) is 11.8 Å². The van der Waals surface area contributed by atoms with Crippen LogP contribution in [0.5, 0.6) is 5.75 Å². The van der Waals surface area contributed by atoms with Gasteiger partial charge in [-0.15, -0.1) is 10.2 Å². The molecule has 3 N–H and O–H groups in total. The number of carbonyl (C=O) groups excluding carboxylic acids is 2. The number of nitrogens with two attached hydrogens (primary N) is 1. The number of thioether (sulfide) groups is 1. The van der Waals surface area contributed by atoms with Crippen molar-refractivity contribution in [2.45, 2.75) is 17.3 Å². The number of carbonyl (C=O) groups is 2. The topological polar surface area (TPSA) is 112 Å². The Hall–Kier alpha value is -2.55. The Kier molecular flexibility index (Phi) is 5.22. The Labute approximate surface area is 137 Å². The molecule has 2 aromatic rings. The molecular weight excluding hydrogens is 318 g/mol. The summed E-state index contributed by atoms with van der Waals surface area (Å²) in [6, 6.07) is 6.57. The van der Waals surface area contributed by atoms with Crippen LogP contribution in [-0.4, -0.2) is 39.1 Å². The normalized spacial score (nSPS) is 11.8. The molecule has 0 aliphatic carbocycles. The number of urea groups is 1. The van der Waals surface area contributed by atoms with Gasteiger partial charge in [0.15, 0.2) is 11.0 Å². The maximum Gasteiger partial charge on any atom is 0.318 e. The lowest BCUT2D eigenvalue weighted by molar-refractivity contribution is -0.119. The number of ether oxygens (including phenoxy) is 1. The van der Waals surface area contributed by atoms with Crippen molar-refractivity contribution >= 4 is 23.7 Å². The third kappa shape index (κ3) is 3.81. The van der Waals surface area contributed by atoms with Crippen molar-refractivity contribution < 1.29 is 14.3 Å². The SMILES string of the molecule is COc1ccccc1-c1nnc(SC(C)C(=O)NC(N)=O)n1C. The minimum atomic E-state index is -0.880. The number of aromatic nitrogens is 3. The zero-order chi connectivity index (χ0) is 17.0. The molecule has 8 nitrogen and oxygen atoms in total. The van der Waals surface area contributed by atoms with E-state index in [9.17, 15) is 9.59 Å². The molecule has 0 spiro atoms. The summed E-state index contributed by atoms with van der Waals surface area (Å²) in [7, 11) is 3.38. The number of benzene rings is 1. The number of para-hydroxylation sites is 1. The smallest absolute Gasteiger partial charge is 0.318 e. The molecule has 9 heteroatoms. The number of rotatable bonds is 5. The summed E-state index contributed by atoms with van der Waals surface area (Å²) in [6.45, 7) is 1.65. The summed E-state index contributed by atoms with van der Waals surface area (Å²) in [5, 5.41) is 10.3. The number of hydrogen-bond acceptors (Lipinski definition) is 6. The van der Waals surface area contributed by atoms with Gasteiger partial charge in [0.25, 0.3) is 0 Å². The maximum atomic E-state index is 11.7. The monoisotopic (exact) mass is 335 g/mol. The average Bonchev–Trinajstić information content (AvgIpc) is 2.87. The highest BCUT2D eigenvalue weighted by atomic mass is 32.2. The Bertz CT molecular complexity index is 731. The van der Waals surface area contributed by atoms with E-state index >= 15 is 0 Å². The zero-order valence-electron chi connectivity index (χ0n) is 12.9. The summed E-state index contributed by atoms with van der Waals surface area (Å²) in [4.78, 5) is 22.5. The molecule has 23 heavy (non-hydrogen) atoms. The van der Waals surface area contributed by atoms with Crippen LogP contribution in [-0.2, 0) is 11.8 Å². The summed E-state index contributed by atoms with van der Waals surface area (Å²) >= 11 is 1.18. The molecule has 0 aliphatic heterocycles. The quantitative estimate of drug-likeness (QED) is 0.793. The molecule has 2 rings (SSSR count). The van der Waals surface area contributed by atoms with Gasteiger partial charge in [-0.05, 0) is 19.1 Å². The number of primary amides is 1. The Morgan fingerprint density at radius 2 is 2.04 bits per heavy atom. The van der Waals surface area contributed by atoms with Crippen molar-refractivity contribution in [1.29, 1.82) is 0 Å². The third-order valence-electron chi connectivity index (χ3n) is 3.08. The molecule has 0 radical (unpaired) electrons. The molecule has 1 aromatic heterocycles. The van der Waals surface area contributed by atoms with Crippen molar-refractivity contribution in [1.82, 2.24) is 20.1 Å². The first kappa shape index (κ1) is 16.8. The van der Waals surface area contributed by atoms with Crippen LogP contribution in [0.15, 0.2) is 29.4 Å². The lowest BCUT2D eigenvalue weighted by Gasteiger charge is -2.10. The largest absolute Gasteiger partial charge is 0.496 e. The summed E-state index contributed by atoms with van der Waals surface area (Å²) < 4.78 is 7.08. The Morgan fingerprint density at radius 3 is 2.70 bits per heavy atom. The molecule has 0 bridgehead atoms. The molecular formula is C14H17N5O3S. The maximum absolute atomic E-state index is 11.7. The fourth-order valence-corrected chi connectivity index (χ4v) is 2.73. The van der Waals surface area contributed by atoms with E-state index in [-0.39, 0.29) is 0 Å². The highest BCUT2D eigenvalue weighted by Gasteiger charge is 2.21. The van der Waals surface area contributed by atoms with Crippen LogP contribution in [0.4, 0.5) is 4.79 Å². The van der Waals surface area contributed by atoms with Crippen LogP contribution in [0, 0.1) is 0 Å². The van der Waals surface area contributed by atoms with Gasteiger partial charge in [-0.25, -0.2) is 4.79 Å². The van der Waals surface area contributed by atoms with E-state index < -0.39 is 17.2 Å². The van der Waals surface area contributed by atoms with Crippen molar-refractivity contribution in [3.05, 3.63) is 24.3 Å². The number of amides is 3. The van der Waals surface area contributed by atoms with E-state index in [1.807, 2.05) is 29.6 Å². The fourth-order valence-electron chi connectivity index (χ4n) is 1.92. The van der Waals surface area contributed by atoms with Crippen molar-refractivity contribution in [3.8, 4) is 17.1 Å². The van der Waals surface area contributed by atoms with Gasteiger partial charge >= 0.3 is 6.03 Å². The van der Waals surface area contributed by atoms with Crippen LogP contribution in [0.2, 0.25) is 0 Å². The highest BCUT2D eigenvalue weighted by Crippen LogP contribution is 2.30. The lowest BCUT2D eigenvalue weighted by atomic mass is 10.2. The van der Waals surface area contributed by atoms with Crippen LogP contribution in [0.1, 0.15) is 6.92 Å². The fraction of sp³-hybridized carbons (Fsp3) is 0.286. The van der Waals surface area contributed by atoms with Gasteiger partial charge in [0, 0.05) is 7.05 Å². The molecule has 1 aromatic carbocycles. The van der Waals surface area contributed by atoms with Gasteiger partial charge in [-0.2, -0.15) is 0 Å². The molecule has 1 atom stereocenters. The number of hydrogen-bond donors (Lipinski definition) is 2. The zero-order valence-corrected chi connectivity index (χ0v) is 13.8. The number of imide groups is 1. The Morgan fingerprint density at radius 1 is 1.35 bits per heavy atom. The van der Waals surface area contributed by atoms with E-state index in [0.717, 1.165) is 5.56 Å². The predicted molar refractivity (Wildman–Crippen MR) is 86.0 cm³/mol. The van der Waals surface area contributed by atoms with Crippen molar-refractivity contribution in [3.63, 3.8) is 0 Å². The summed E-state index contributed by atoms with van der Waals surface area (Å²) in [5.74, 6) is 0.816. The van der Waals surface area contributed by atoms with E-state index in [4.69, 9.17) is 10.5 Å². The average molecular weight is 335 g/mol. The minimum Gasteiger partial charge on any atom is -0.496 e. The van der Waals surface area contributed by atoms with Gasteiger partial charge in [-0.1, -0.05) is 23.9 Å². The summed E-state index contributed by atoms with van der Waals surface area (Å²) in [5.41, 5.74) is 5.74. The van der Waals surface area contributed by atoms with Crippen LogP contribution < -0.4 is 15.8 Å². The first-order valence-corrected chi connectivity index (χ1v) is 7.61. The van der Waals surface area contributed by atoms with E-state index in [1.54, 1.807) is 25.6 Å². The predicted octanol–water partition coefficient (Wildman–Crippen LogP) is 1.17. The molecule has 1 heterocycles. The minimum absolute atomic E-state index is 0.482. The number of nitrogens with one attached hydrogen (secondary N) is 1. The lowest BCUT2D eigenvalue weighted by Crippen LogP contribution is -2.39. The standard InChI is InChI=1S/C14H17N5O3S/c1-8(12(20)16-13(15)21)23-14-18-17-11(19(14)2)9-6-4-5-7-10(9)22-3/h4-8H,1-3H3,(H3,15,16,20,21). The molecule has 1 unspecified atom stereocenters. The third-order valence-corrected chi connectivity index (χ3v) is 4.21. The summed E-state index contributed by atoms with van der Waals surface area (Å²) in [6.07, 6.45) is 0. The van der Waals surface area contributed by atoms with Crippen molar-refractivity contribution in [2.75, 3.05) is 7.11 Å². The molecule has 0 saturated carbocycles. The van der Waals surface area contributed by atoms with Gasteiger partial charge < -0.3 is 15.0 Å². The molecule has 0 saturated heterocycles. The highest BCUT2D eigenvalue weighted by molar-refractivity contribution is 8.00. The van der Waals surface area contributed by atoms with Gasteiger partial charge in [-0.3, -0.25) is 10.1 Å². The van der Waals surface area contributed by atoms with E-state index in [2.05, 4.69) is 10.2 Å². The van der Waals surface area contributed by atoms with Crippen LogP contribution in [0.25, 0.3) is 11.4 Å². The molecule has 0 fully saturated rings. The molecule has 3 amide bonds.